The van der Waals surface area contributed by atoms with Gasteiger partial charge in [-0.2, -0.15) is 0 Å². The molecule has 1 rings (SSSR count). The molecule has 7 heteroatoms. The lowest BCUT2D eigenvalue weighted by Gasteiger charge is -2.05. The highest BCUT2D eigenvalue weighted by Gasteiger charge is 2.04. The van der Waals surface area contributed by atoms with Crippen molar-refractivity contribution in [1.82, 2.24) is 4.98 Å². The van der Waals surface area contributed by atoms with Gasteiger partial charge < -0.3 is 10.1 Å². The lowest BCUT2D eigenvalue weighted by atomic mass is 10.2. The minimum atomic E-state index is -0.479. The van der Waals surface area contributed by atoms with E-state index in [1.807, 2.05) is 13.8 Å². The van der Waals surface area contributed by atoms with Crippen molar-refractivity contribution in [3.8, 4) is 0 Å². The van der Waals surface area contributed by atoms with Crippen LogP contribution in [0.1, 0.15) is 33.1 Å². The lowest BCUT2D eigenvalue weighted by molar-refractivity contribution is -0.385. The molecule has 0 unspecified atom stereocenters. The van der Waals surface area contributed by atoms with Crippen LogP contribution < -0.4 is 5.32 Å². The summed E-state index contributed by atoms with van der Waals surface area (Å²) in [6, 6.07) is 3.00. The van der Waals surface area contributed by atoms with E-state index >= 15 is 0 Å². The van der Waals surface area contributed by atoms with E-state index in [0.717, 1.165) is 24.8 Å². The quantitative estimate of drug-likeness (QED) is 0.248. The molecule has 1 aromatic rings. The molecule has 0 fully saturated rings. The third-order valence-electron chi connectivity index (χ3n) is 2.74. The van der Waals surface area contributed by atoms with Crippen LogP contribution in [0.4, 0.5) is 11.5 Å². The summed E-state index contributed by atoms with van der Waals surface area (Å²) < 4.78 is 5.04. The van der Waals surface area contributed by atoms with Crippen molar-refractivity contribution in [2.75, 3.05) is 18.5 Å². The van der Waals surface area contributed by atoms with Crippen molar-refractivity contribution in [2.45, 2.75) is 33.1 Å². The molecule has 0 amide bonds. The summed E-state index contributed by atoms with van der Waals surface area (Å²) in [6.07, 6.45) is 5.32. The normalized spacial score (nSPS) is 9.91. The maximum Gasteiger partial charge on any atom is 0.330 e. The first kappa shape index (κ1) is 17.6. The molecule has 0 atom stereocenters. The van der Waals surface area contributed by atoms with Crippen molar-refractivity contribution < 1.29 is 14.5 Å². The number of nitro groups is 1. The molecule has 1 N–H and O–H groups in total. The molecule has 120 valence electrons. The molecule has 0 saturated carbocycles. The zero-order chi connectivity index (χ0) is 16.4. The number of carbonyl (C=O) groups excluding carboxylic acids is 1. The first-order valence-corrected chi connectivity index (χ1v) is 7.15. The Morgan fingerprint density at radius 1 is 1.36 bits per heavy atom. The third kappa shape index (κ3) is 7.37. The lowest BCUT2D eigenvalue weighted by Crippen LogP contribution is -2.05. The van der Waals surface area contributed by atoms with Gasteiger partial charge in [-0.05, 0) is 39.2 Å². The predicted octanol–water partition coefficient (Wildman–Crippen LogP) is 3.08. The SMILES string of the molecule is CC(C)=CC(=O)OCCCCCNc1ccc([N+](=O)[O-])cn1. The van der Waals surface area contributed by atoms with Gasteiger partial charge in [0, 0.05) is 18.7 Å². The zero-order valence-corrected chi connectivity index (χ0v) is 12.9. The van der Waals surface area contributed by atoms with Crippen LogP contribution in [0.2, 0.25) is 0 Å². The van der Waals surface area contributed by atoms with Crippen molar-refractivity contribution in [3.63, 3.8) is 0 Å². The average Bonchev–Trinajstić information content (AvgIpc) is 2.46. The molecule has 0 saturated heterocycles. The van der Waals surface area contributed by atoms with Crippen LogP contribution in [-0.4, -0.2) is 29.0 Å². The van der Waals surface area contributed by atoms with Crippen LogP contribution in [0.5, 0.6) is 0 Å². The van der Waals surface area contributed by atoms with Crippen LogP contribution in [0.15, 0.2) is 30.0 Å². The van der Waals surface area contributed by atoms with E-state index in [2.05, 4.69) is 10.3 Å². The predicted molar refractivity (Wildman–Crippen MR) is 83.6 cm³/mol. The summed E-state index contributed by atoms with van der Waals surface area (Å²) in [4.78, 5) is 25.2. The summed E-state index contributed by atoms with van der Waals surface area (Å²) in [6.45, 7) is 4.82. The number of ether oxygens (including phenoxy) is 1. The highest BCUT2D eigenvalue weighted by molar-refractivity contribution is 5.82. The van der Waals surface area contributed by atoms with Gasteiger partial charge in [-0.1, -0.05) is 5.57 Å². The summed E-state index contributed by atoms with van der Waals surface area (Å²) >= 11 is 0. The summed E-state index contributed by atoms with van der Waals surface area (Å²) in [5.74, 6) is 0.314. The number of esters is 1. The molecule has 0 aromatic carbocycles. The number of anilines is 1. The van der Waals surface area contributed by atoms with Gasteiger partial charge in [0.25, 0.3) is 5.69 Å². The topological polar surface area (TPSA) is 94.4 Å². The highest BCUT2D eigenvalue weighted by Crippen LogP contribution is 2.11. The van der Waals surface area contributed by atoms with Gasteiger partial charge in [-0.3, -0.25) is 10.1 Å². The van der Waals surface area contributed by atoms with E-state index in [-0.39, 0.29) is 11.7 Å². The first-order chi connectivity index (χ1) is 10.5. The number of pyridine rings is 1. The fourth-order valence-corrected chi connectivity index (χ4v) is 1.67. The largest absolute Gasteiger partial charge is 0.463 e. The monoisotopic (exact) mass is 307 g/mol. The van der Waals surface area contributed by atoms with Crippen LogP contribution in [0, 0.1) is 10.1 Å². The van der Waals surface area contributed by atoms with Crippen molar-refractivity contribution >= 4 is 17.5 Å². The molecular weight excluding hydrogens is 286 g/mol. The molecule has 0 bridgehead atoms. The molecule has 0 aliphatic carbocycles. The van der Waals surface area contributed by atoms with Crippen LogP contribution in [0.3, 0.4) is 0 Å². The molecule has 0 aliphatic rings. The second kappa shape index (κ2) is 9.49. The molecule has 1 heterocycles. The Kier molecular flexibility index (Phi) is 7.60. The highest BCUT2D eigenvalue weighted by atomic mass is 16.6. The minimum Gasteiger partial charge on any atom is -0.463 e. The van der Waals surface area contributed by atoms with E-state index in [9.17, 15) is 14.9 Å². The van der Waals surface area contributed by atoms with Crippen LogP contribution in [-0.2, 0) is 9.53 Å². The van der Waals surface area contributed by atoms with Gasteiger partial charge in [-0.15, -0.1) is 0 Å². The van der Waals surface area contributed by atoms with E-state index in [1.54, 1.807) is 6.07 Å². The van der Waals surface area contributed by atoms with Crippen LogP contribution >= 0.6 is 0 Å². The maximum absolute atomic E-state index is 11.2. The second-order valence-corrected chi connectivity index (χ2v) is 5.04. The van der Waals surface area contributed by atoms with Gasteiger partial charge in [0.15, 0.2) is 0 Å². The van der Waals surface area contributed by atoms with Gasteiger partial charge in [0.05, 0.1) is 11.5 Å². The van der Waals surface area contributed by atoms with Crippen molar-refractivity contribution in [1.29, 1.82) is 0 Å². The molecular formula is C15H21N3O4. The smallest absolute Gasteiger partial charge is 0.330 e. The molecule has 0 spiro atoms. The number of nitrogens with zero attached hydrogens (tertiary/aromatic N) is 2. The fraction of sp³-hybridized carbons (Fsp3) is 0.467. The number of nitrogens with one attached hydrogen (secondary N) is 1. The van der Waals surface area contributed by atoms with E-state index in [0.29, 0.717) is 19.0 Å². The number of hydrogen-bond donors (Lipinski definition) is 1. The third-order valence-corrected chi connectivity index (χ3v) is 2.74. The first-order valence-electron chi connectivity index (χ1n) is 7.15. The van der Waals surface area contributed by atoms with Crippen LogP contribution in [0.25, 0.3) is 0 Å². The Morgan fingerprint density at radius 2 is 2.14 bits per heavy atom. The van der Waals surface area contributed by atoms with E-state index in [4.69, 9.17) is 4.74 Å². The second-order valence-electron chi connectivity index (χ2n) is 5.04. The Labute approximate surface area is 129 Å². The minimum absolute atomic E-state index is 0.0243. The van der Waals surface area contributed by atoms with Crippen molar-refractivity contribution in [2.24, 2.45) is 0 Å². The Balaban J connectivity index is 2.09. The molecule has 0 radical (unpaired) electrons. The number of rotatable bonds is 9. The number of unbranched alkanes of at least 4 members (excludes halogenated alkanes) is 2. The fourth-order valence-electron chi connectivity index (χ4n) is 1.67. The standard InChI is InChI=1S/C15H21N3O4/c1-12(2)10-15(19)22-9-5-3-4-8-16-14-7-6-13(11-17-14)18(20)21/h6-7,10-11H,3-5,8-9H2,1-2H3,(H,16,17). The number of carbonyl (C=O) groups is 1. The Morgan fingerprint density at radius 3 is 2.73 bits per heavy atom. The number of allylic oxidation sites excluding steroid dienone is 1. The van der Waals surface area contributed by atoms with Gasteiger partial charge in [-0.25, -0.2) is 9.78 Å². The Bertz CT molecular complexity index is 522. The average molecular weight is 307 g/mol. The number of hydrogen-bond acceptors (Lipinski definition) is 6. The summed E-state index contributed by atoms with van der Waals surface area (Å²) in [5.41, 5.74) is 0.897. The van der Waals surface area contributed by atoms with Gasteiger partial charge in [0.1, 0.15) is 12.0 Å². The summed E-state index contributed by atoms with van der Waals surface area (Å²) in [7, 11) is 0. The zero-order valence-electron chi connectivity index (χ0n) is 12.9. The maximum atomic E-state index is 11.2. The molecule has 0 aliphatic heterocycles. The summed E-state index contributed by atoms with van der Waals surface area (Å²) in [5, 5.41) is 13.6. The molecule has 22 heavy (non-hydrogen) atoms. The molecule has 1 aromatic heterocycles. The van der Waals surface area contributed by atoms with Gasteiger partial charge in [0.2, 0.25) is 0 Å². The van der Waals surface area contributed by atoms with Crippen molar-refractivity contribution in [3.05, 3.63) is 40.1 Å². The molecule has 7 nitrogen and oxygen atoms in total. The van der Waals surface area contributed by atoms with Gasteiger partial charge >= 0.3 is 5.97 Å². The number of aromatic nitrogens is 1. The van der Waals surface area contributed by atoms with E-state index in [1.165, 1.54) is 18.3 Å². The van der Waals surface area contributed by atoms with E-state index < -0.39 is 4.92 Å². The Hall–Kier alpha value is -2.44.